The minimum absolute atomic E-state index is 0.692. The van der Waals surface area contributed by atoms with E-state index in [0.717, 1.165) is 50.1 Å². The van der Waals surface area contributed by atoms with Crippen molar-refractivity contribution in [3.8, 4) is 0 Å². The highest BCUT2D eigenvalue weighted by molar-refractivity contribution is 5.76. The van der Waals surface area contributed by atoms with Crippen LogP contribution in [0.15, 0.2) is 72.8 Å². The van der Waals surface area contributed by atoms with Crippen molar-refractivity contribution in [3.63, 3.8) is 0 Å². The van der Waals surface area contributed by atoms with E-state index in [1.54, 1.807) is 0 Å². The van der Waals surface area contributed by atoms with Crippen molar-refractivity contribution >= 4 is 23.9 Å². The van der Waals surface area contributed by atoms with E-state index in [4.69, 9.17) is 0 Å². The van der Waals surface area contributed by atoms with Gasteiger partial charge in [-0.25, -0.2) is 0 Å². The van der Waals surface area contributed by atoms with E-state index < -0.39 is 0 Å². The highest BCUT2D eigenvalue weighted by atomic mass is 16.1. The van der Waals surface area contributed by atoms with E-state index in [2.05, 4.69) is 47.9 Å². The molecule has 0 saturated carbocycles. The van der Waals surface area contributed by atoms with E-state index in [0.29, 0.717) is 11.1 Å². The first-order valence-electron chi connectivity index (χ1n) is 10.3. The van der Waals surface area contributed by atoms with Gasteiger partial charge in [0.1, 0.15) is 12.6 Å². The molecule has 0 unspecified atom stereocenters. The number of rotatable bonds is 10. The van der Waals surface area contributed by atoms with Crippen LogP contribution < -0.4 is 9.80 Å². The average Bonchev–Trinajstić information content (AvgIpc) is 2.81. The van der Waals surface area contributed by atoms with Crippen LogP contribution in [0.1, 0.15) is 45.7 Å². The van der Waals surface area contributed by atoms with Gasteiger partial charge in [-0.05, 0) is 73.5 Å². The maximum absolute atomic E-state index is 10.9. The molecule has 0 spiro atoms. The predicted octanol–water partition coefficient (Wildman–Crippen LogP) is 5.36. The molecule has 0 aromatic heterocycles. The number of anilines is 2. The Bertz CT molecular complexity index is 888. The minimum atomic E-state index is 0.692. The van der Waals surface area contributed by atoms with Crippen molar-refractivity contribution < 1.29 is 9.59 Å². The lowest BCUT2D eigenvalue weighted by atomic mass is 10.1. The van der Waals surface area contributed by atoms with Crippen LogP contribution in [0.25, 0.3) is 0 Å². The van der Waals surface area contributed by atoms with Gasteiger partial charge in [-0.2, -0.15) is 0 Å². The molecule has 3 aromatic carbocycles. The molecule has 0 aliphatic carbocycles. The lowest BCUT2D eigenvalue weighted by molar-refractivity contribution is 0.111. The second-order valence-corrected chi connectivity index (χ2v) is 7.27. The van der Waals surface area contributed by atoms with E-state index in [1.807, 2.05) is 48.5 Å². The van der Waals surface area contributed by atoms with Gasteiger partial charge in [0.2, 0.25) is 0 Å². The molecule has 0 heterocycles. The smallest absolute Gasteiger partial charge is 0.150 e. The van der Waals surface area contributed by atoms with Crippen molar-refractivity contribution in [3.05, 3.63) is 95.1 Å². The summed E-state index contributed by atoms with van der Waals surface area (Å²) in [6.07, 6.45) is 1.74. The molecule has 30 heavy (non-hydrogen) atoms. The Morgan fingerprint density at radius 1 is 0.633 bits per heavy atom. The Labute approximate surface area is 178 Å². The van der Waals surface area contributed by atoms with Crippen LogP contribution in [0.2, 0.25) is 0 Å². The Kier molecular flexibility index (Phi) is 7.39. The zero-order chi connectivity index (χ0) is 21.3. The zero-order valence-electron chi connectivity index (χ0n) is 17.6. The quantitative estimate of drug-likeness (QED) is 0.429. The van der Waals surface area contributed by atoms with E-state index in [-0.39, 0.29) is 0 Å². The van der Waals surface area contributed by atoms with Gasteiger partial charge >= 0.3 is 0 Å². The third kappa shape index (κ3) is 5.35. The molecule has 0 bridgehead atoms. The van der Waals surface area contributed by atoms with E-state index in [1.165, 1.54) is 11.1 Å². The van der Waals surface area contributed by atoms with Gasteiger partial charge in [0.25, 0.3) is 0 Å². The Morgan fingerprint density at radius 3 is 1.37 bits per heavy atom. The Hall–Kier alpha value is -3.40. The van der Waals surface area contributed by atoms with Crippen molar-refractivity contribution in [2.24, 2.45) is 0 Å². The van der Waals surface area contributed by atoms with Gasteiger partial charge in [-0.1, -0.05) is 24.3 Å². The molecule has 0 atom stereocenters. The molecule has 154 valence electrons. The summed E-state index contributed by atoms with van der Waals surface area (Å²) in [5.41, 5.74) is 6.11. The first kappa shape index (κ1) is 21.3. The van der Waals surface area contributed by atoms with Crippen molar-refractivity contribution in [1.82, 2.24) is 0 Å². The highest BCUT2D eigenvalue weighted by Crippen LogP contribution is 2.21. The van der Waals surface area contributed by atoms with Crippen LogP contribution in [0.5, 0.6) is 0 Å². The highest BCUT2D eigenvalue weighted by Gasteiger charge is 2.09. The van der Waals surface area contributed by atoms with Crippen LogP contribution in [-0.4, -0.2) is 25.7 Å². The zero-order valence-corrected chi connectivity index (χ0v) is 17.6. The number of benzene rings is 3. The van der Waals surface area contributed by atoms with Gasteiger partial charge in [-0.15, -0.1) is 0 Å². The molecule has 4 heteroatoms. The van der Waals surface area contributed by atoms with Crippen molar-refractivity contribution in [1.29, 1.82) is 0 Å². The Morgan fingerprint density at radius 2 is 1.03 bits per heavy atom. The van der Waals surface area contributed by atoms with Crippen LogP contribution in [-0.2, 0) is 13.1 Å². The van der Waals surface area contributed by atoms with Gasteiger partial charge in [0.15, 0.2) is 0 Å². The second-order valence-electron chi connectivity index (χ2n) is 7.27. The van der Waals surface area contributed by atoms with Crippen molar-refractivity contribution in [2.75, 3.05) is 22.9 Å². The van der Waals surface area contributed by atoms with Crippen LogP contribution in [0.4, 0.5) is 11.4 Å². The lowest BCUT2D eigenvalue weighted by Gasteiger charge is -2.25. The molecule has 0 fully saturated rings. The van der Waals surface area contributed by atoms with Gasteiger partial charge in [0.05, 0.1) is 0 Å². The molecule has 0 N–H and O–H groups in total. The molecule has 0 amide bonds. The standard InChI is InChI=1S/C26H28N2O2/c1-3-27(25-12-8-21(19-29)9-13-25)17-23-6-5-7-24(16-23)18-28(4-2)26-14-10-22(20-30)11-15-26/h5-16,19-20H,3-4,17-18H2,1-2H3. The molecular weight excluding hydrogens is 372 g/mol. The van der Waals surface area contributed by atoms with Gasteiger partial charge in [0, 0.05) is 48.7 Å². The monoisotopic (exact) mass is 400 g/mol. The first-order chi connectivity index (χ1) is 14.7. The second kappa shape index (κ2) is 10.4. The largest absolute Gasteiger partial charge is 0.367 e. The van der Waals surface area contributed by atoms with Gasteiger partial charge < -0.3 is 9.80 Å². The summed E-state index contributed by atoms with van der Waals surface area (Å²) < 4.78 is 0. The predicted molar refractivity (Wildman–Crippen MR) is 124 cm³/mol. The molecule has 4 nitrogen and oxygen atoms in total. The van der Waals surface area contributed by atoms with E-state index in [9.17, 15) is 9.59 Å². The third-order valence-electron chi connectivity index (χ3n) is 5.29. The first-order valence-corrected chi connectivity index (χ1v) is 10.3. The summed E-state index contributed by atoms with van der Waals surface area (Å²) in [6, 6.07) is 24.1. The fourth-order valence-corrected chi connectivity index (χ4v) is 3.57. The maximum Gasteiger partial charge on any atom is 0.150 e. The minimum Gasteiger partial charge on any atom is -0.367 e. The molecule has 0 radical (unpaired) electrons. The van der Waals surface area contributed by atoms with Crippen molar-refractivity contribution in [2.45, 2.75) is 26.9 Å². The molecule has 3 rings (SSSR count). The third-order valence-corrected chi connectivity index (χ3v) is 5.29. The average molecular weight is 401 g/mol. The van der Waals surface area contributed by atoms with Gasteiger partial charge in [-0.3, -0.25) is 9.59 Å². The summed E-state index contributed by atoms with van der Waals surface area (Å²) >= 11 is 0. The number of aldehydes is 2. The molecule has 0 saturated heterocycles. The SMILES string of the molecule is CCN(Cc1cccc(CN(CC)c2ccc(C=O)cc2)c1)c1ccc(C=O)cc1. The molecule has 0 aliphatic heterocycles. The Balaban J connectivity index is 1.73. The van der Waals surface area contributed by atoms with Crippen LogP contribution >= 0.6 is 0 Å². The topological polar surface area (TPSA) is 40.6 Å². The van der Waals surface area contributed by atoms with Crippen LogP contribution in [0, 0.1) is 0 Å². The fourth-order valence-electron chi connectivity index (χ4n) is 3.57. The normalized spacial score (nSPS) is 10.5. The summed E-state index contributed by atoms with van der Waals surface area (Å²) in [4.78, 5) is 26.4. The summed E-state index contributed by atoms with van der Waals surface area (Å²) in [5, 5.41) is 0. The summed E-state index contributed by atoms with van der Waals surface area (Å²) in [7, 11) is 0. The molecule has 3 aromatic rings. The fraction of sp³-hybridized carbons (Fsp3) is 0.231. The van der Waals surface area contributed by atoms with Crippen LogP contribution in [0.3, 0.4) is 0 Å². The molecule has 0 aliphatic rings. The lowest BCUT2D eigenvalue weighted by Crippen LogP contribution is -2.23. The number of hydrogen-bond donors (Lipinski definition) is 0. The molecular formula is C26H28N2O2. The number of nitrogens with zero attached hydrogens (tertiary/aromatic N) is 2. The number of carbonyl (C=O) groups excluding carboxylic acids is 2. The number of carbonyl (C=O) groups is 2. The maximum atomic E-state index is 10.9. The summed E-state index contributed by atoms with van der Waals surface area (Å²) in [5.74, 6) is 0. The number of hydrogen-bond acceptors (Lipinski definition) is 4. The van der Waals surface area contributed by atoms with E-state index >= 15 is 0 Å². The summed E-state index contributed by atoms with van der Waals surface area (Å²) in [6.45, 7) is 7.66.